The smallest absolute Gasteiger partial charge is 0.134 e. The number of ether oxygens (including phenoxy) is 1. The lowest BCUT2D eigenvalue weighted by atomic mass is 10.1. The molecule has 0 aliphatic heterocycles. The summed E-state index contributed by atoms with van der Waals surface area (Å²) >= 11 is 1.74. The van der Waals surface area contributed by atoms with Gasteiger partial charge in [0.1, 0.15) is 11.9 Å². The molecule has 0 saturated carbocycles. The fourth-order valence-electron chi connectivity index (χ4n) is 2.59. The fourth-order valence-corrected chi connectivity index (χ4v) is 3.38. The number of aryl methyl sites for hydroxylation is 1. The molecule has 1 aromatic carbocycles. The number of aromatic nitrogens is 1. The molecule has 3 aromatic rings. The van der Waals surface area contributed by atoms with E-state index in [0.717, 1.165) is 35.2 Å². The van der Waals surface area contributed by atoms with Crippen LogP contribution < -0.4 is 10.1 Å². The first-order valence-electron chi connectivity index (χ1n) is 7.48. The number of rotatable bonds is 6. The highest BCUT2D eigenvalue weighted by molar-refractivity contribution is 7.10. The van der Waals surface area contributed by atoms with Crippen molar-refractivity contribution >= 4 is 22.1 Å². The first-order chi connectivity index (χ1) is 10.8. The first-order valence-corrected chi connectivity index (χ1v) is 8.36. The van der Waals surface area contributed by atoms with Gasteiger partial charge >= 0.3 is 0 Å². The van der Waals surface area contributed by atoms with E-state index >= 15 is 0 Å². The number of hydrogen-bond acceptors (Lipinski definition) is 4. The van der Waals surface area contributed by atoms with E-state index in [2.05, 4.69) is 33.9 Å². The molecule has 0 unspecified atom stereocenters. The standard InChI is InChI=1S/C18H20N2OS/c1-13-14-5-3-6-16(15(14)8-11-20-13)21-17(9-10-19-2)18-7-4-12-22-18/h3-8,11-12,17,19H,9-10H2,1-2H3/t17-/m0/s1. The van der Waals surface area contributed by atoms with Crippen LogP contribution in [0.15, 0.2) is 48.0 Å². The SMILES string of the molecule is CNCC[C@H](Oc1cccc2c(C)nccc12)c1cccs1. The quantitative estimate of drug-likeness (QED) is 0.735. The zero-order chi connectivity index (χ0) is 15.4. The van der Waals surface area contributed by atoms with E-state index in [1.54, 1.807) is 11.3 Å². The Morgan fingerprint density at radius 2 is 2.09 bits per heavy atom. The highest BCUT2D eigenvalue weighted by atomic mass is 32.1. The van der Waals surface area contributed by atoms with Crippen LogP contribution in [-0.4, -0.2) is 18.6 Å². The van der Waals surface area contributed by atoms with E-state index in [1.807, 2.05) is 38.4 Å². The molecule has 3 nitrogen and oxygen atoms in total. The van der Waals surface area contributed by atoms with Crippen LogP contribution in [-0.2, 0) is 0 Å². The van der Waals surface area contributed by atoms with Gasteiger partial charge in [-0.05, 0) is 44.1 Å². The number of fused-ring (bicyclic) bond motifs is 1. The molecule has 0 aliphatic carbocycles. The Morgan fingerprint density at radius 3 is 2.86 bits per heavy atom. The predicted molar refractivity (Wildman–Crippen MR) is 92.7 cm³/mol. The summed E-state index contributed by atoms with van der Waals surface area (Å²) in [6.45, 7) is 2.96. The van der Waals surface area contributed by atoms with Gasteiger partial charge in [0.15, 0.2) is 0 Å². The summed E-state index contributed by atoms with van der Waals surface area (Å²) in [5.41, 5.74) is 1.03. The van der Waals surface area contributed by atoms with Gasteiger partial charge in [-0.2, -0.15) is 0 Å². The second-order valence-electron chi connectivity index (χ2n) is 5.26. The van der Waals surface area contributed by atoms with Crippen molar-refractivity contribution in [3.05, 3.63) is 58.5 Å². The van der Waals surface area contributed by atoms with E-state index in [1.165, 1.54) is 4.88 Å². The maximum absolute atomic E-state index is 6.37. The lowest BCUT2D eigenvalue weighted by Gasteiger charge is -2.19. The molecule has 3 rings (SSSR count). The van der Waals surface area contributed by atoms with E-state index in [-0.39, 0.29) is 6.10 Å². The van der Waals surface area contributed by atoms with E-state index in [0.29, 0.717) is 0 Å². The van der Waals surface area contributed by atoms with Gasteiger partial charge in [0.2, 0.25) is 0 Å². The molecule has 0 amide bonds. The highest BCUT2D eigenvalue weighted by Gasteiger charge is 2.16. The van der Waals surface area contributed by atoms with Gasteiger partial charge in [-0.3, -0.25) is 4.98 Å². The molecular formula is C18H20N2OS. The van der Waals surface area contributed by atoms with Gasteiger partial charge in [-0.1, -0.05) is 18.2 Å². The Kier molecular flexibility index (Phi) is 4.71. The molecule has 1 atom stereocenters. The normalized spacial score (nSPS) is 12.5. The van der Waals surface area contributed by atoms with Crippen molar-refractivity contribution in [1.29, 1.82) is 0 Å². The summed E-state index contributed by atoms with van der Waals surface area (Å²) in [6.07, 6.45) is 2.86. The van der Waals surface area contributed by atoms with Gasteiger partial charge in [0, 0.05) is 34.0 Å². The van der Waals surface area contributed by atoms with E-state index < -0.39 is 0 Å². The van der Waals surface area contributed by atoms with Crippen LogP contribution in [0, 0.1) is 6.92 Å². The molecule has 0 bridgehead atoms. The van der Waals surface area contributed by atoms with Crippen LogP contribution in [0.3, 0.4) is 0 Å². The average Bonchev–Trinajstić information content (AvgIpc) is 3.06. The van der Waals surface area contributed by atoms with Crippen LogP contribution in [0.5, 0.6) is 5.75 Å². The second-order valence-corrected chi connectivity index (χ2v) is 6.24. The number of thiophene rings is 1. The fraction of sp³-hybridized carbons (Fsp3) is 0.278. The van der Waals surface area contributed by atoms with Gasteiger partial charge in [-0.25, -0.2) is 0 Å². The molecule has 0 spiro atoms. The summed E-state index contributed by atoms with van der Waals surface area (Å²) in [7, 11) is 1.97. The Hall–Kier alpha value is -1.91. The van der Waals surface area contributed by atoms with Crippen molar-refractivity contribution in [2.45, 2.75) is 19.4 Å². The largest absolute Gasteiger partial charge is 0.484 e. The lowest BCUT2D eigenvalue weighted by molar-refractivity contribution is 0.201. The molecule has 0 aliphatic rings. The molecule has 0 radical (unpaired) electrons. The molecule has 22 heavy (non-hydrogen) atoms. The van der Waals surface area contributed by atoms with E-state index in [9.17, 15) is 0 Å². The Morgan fingerprint density at radius 1 is 1.18 bits per heavy atom. The second kappa shape index (κ2) is 6.90. The first kappa shape index (κ1) is 15.0. The molecule has 2 heterocycles. The monoisotopic (exact) mass is 312 g/mol. The van der Waals surface area contributed by atoms with Crippen molar-refractivity contribution in [2.24, 2.45) is 0 Å². The summed E-state index contributed by atoms with van der Waals surface area (Å²) in [4.78, 5) is 5.63. The zero-order valence-corrected chi connectivity index (χ0v) is 13.7. The third-order valence-electron chi connectivity index (χ3n) is 3.75. The predicted octanol–water partition coefficient (Wildman–Crippen LogP) is 4.33. The zero-order valence-electron chi connectivity index (χ0n) is 12.9. The number of pyridine rings is 1. The Balaban J connectivity index is 1.94. The summed E-state index contributed by atoms with van der Waals surface area (Å²) in [5.74, 6) is 0.928. The van der Waals surface area contributed by atoms with Gasteiger partial charge in [0.25, 0.3) is 0 Å². The van der Waals surface area contributed by atoms with Crippen molar-refractivity contribution in [2.75, 3.05) is 13.6 Å². The maximum atomic E-state index is 6.37. The minimum atomic E-state index is 0.0755. The minimum Gasteiger partial charge on any atom is -0.484 e. The number of hydrogen-bond donors (Lipinski definition) is 1. The molecular weight excluding hydrogens is 292 g/mol. The van der Waals surface area contributed by atoms with Crippen molar-refractivity contribution in [3.8, 4) is 5.75 Å². The van der Waals surface area contributed by atoms with E-state index in [4.69, 9.17) is 4.74 Å². The minimum absolute atomic E-state index is 0.0755. The Bertz CT molecular complexity index is 740. The third-order valence-corrected chi connectivity index (χ3v) is 4.72. The van der Waals surface area contributed by atoms with Gasteiger partial charge in [0.05, 0.1) is 0 Å². The van der Waals surface area contributed by atoms with Crippen LogP contribution in [0.25, 0.3) is 10.8 Å². The molecule has 1 N–H and O–H groups in total. The number of benzene rings is 1. The summed E-state index contributed by atoms with van der Waals surface area (Å²) in [6, 6.07) is 12.4. The topological polar surface area (TPSA) is 34.1 Å². The van der Waals surface area contributed by atoms with Crippen LogP contribution in [0.4, 0.5) is 0 Å². The maximum Gasteiger partial charge on any atom is 0.134 e. The molecule has 0 saturated heterocycles. The van der Waals surface area contributed by atoms with Crippen molar-refractivity contribution < 1.29 is 4.74 Å². The van der Waals surface area contributed by atoms with Crippen LogP contribution in [0.2, 0.25) is 0 Å². The van der Waals surface area contributed by atoms with Crippen LogP contribution in [0.1, 0.15) is 23.1 Å². The van der Waals surface area contributed by atoms with Crippen molar-refractivity contribution in [3.63, 3.8) is 0 Å². The van der Waals surface area contributed by atoms with Crippen molar-refractivity contribution in [1.82, 2.24) is 10.3 Å². The Labute approximate surface area is 135 Å². The number of nitrogens with zero attached hydrogens (tertiary/aromatic N) is 1. The third kappa shape index (κ3) is 3.13. The van der Waals surface area contributed by atoms with Gasteiger partial charge < -0.3 is 10.1 Å². The summed E-state index contributed by atoms with van der Waals surface area (Å²) in [5, 5.41) is 7.58. The molecule has 0 fully saturated rings. The molecule has 2 aromatic heterocycles. The summed E-state index contributed by atoms with van der Waals surface area (Å²) < 4.78 is 6.37. The molecule has 4 heteroatoms. The molecule has 114 valence electrons. The average molecular weight is 312 g/mol. The van der Waals surface area contributed by atoms with Crippen LogP contribution >= 0.6 is 11.3 Å². The van der Waals surface area contributed by atoms with Gasteiger partial charge in [-0.15, -0.1) is 11.3 Å². The number of nitrogens with one attached hydrogen (secondary N) is 1. The lowest BCUT2D eigenvalue weighted by Crippen LogP contribution is -2.15. The highest BCUT2D eigenvalue weighted by Crippen LogP contribution is 2.33.